The molecule has 0 fully saturated rings. The molecule has 0 saturated carbocycles. The Bertz CT molecular complexity index is 1000. The summed E-state index contributed by atoms with van der Waals surface area (Å²) in [5.41, 5.74) is 4.60. The quantitative estimate of drug-likeness (QED) is 0.278. The van der Waals surface area contributed by atoms with Crippen LogP contribution in [0, 0.1) is 0 Å². The predicted octanol–water partition coefficient (Wildman–Crippen LogP) is 5.40. The lowest BCUT2D eigenvalue weighted by Gasteiger charge is -2.10. The van der Waals surface area contributed by atoms with E-state index in [1.807, 2.05) is 12.1 Å². The summed E-state index contributed by atoms with van der Waals surface area (Å²) in [5.74, 6) is -0.394. The van der Waals surface area contributed by atoms with Gasteiger partial charge in [-0.05, 0) is 17.7 Å². The molecule has 1 aromatic heterocycles. The molecule has 1 heterocycles. The normalized spacial score (nSPS) is 10.0. The van der Waals surface area contributed by atoms with Gasteiger partial charge in [0.1, 0.15) is 0 Å². The van der Waals surface area contributed by atoms with Crippen molar-refractivity contribution in [3.05, 3.63) is 91.5 Å². The van der Waals surface area contributed by atoms with Gasteiger partial charge in [0.2, 0.25) is 0 Å². The Morgan fingerprint density at radius 1 is 0.846 bits per heavy atom. The van der Waals surface area contributed by atoms with Crippen molar-refractivity contribution in [2.24, 2.45) is 0 Å². The van der Waals surface area contributed by atoms with Crippen molar-refractivity contribution >= 4 is 27.8 Å². The molecule has 0 unspecified atom stereocenters. The molecular formula is C23H19NO2. The minimum atomic E-state index is -0.394. The molecule has 3 heteroatoms. The zero-order valence-electron chi connectivity index (χ0n) is 14.6. The fraction of sp³-hybridized carbons (Fsp3) is 0.0435. The van der Waals surface area contributed by atoms with Crippen LogP contribution in [0.15, 0.2) is 91.5 Å². The minimum absolute atomic E-state index is 0.394. The van der Waals surface area contributed by atoms with Crippen LogP contribution in [0.4, 0.5) is 0 Å². The van der Waals surface area contributed by atoms with Crippen LogP contribution >= 0.6 is 0 Å². The standard InChI is InChI=1S/C19H13N.C4H6O2/c1-2-8-14(9-3-1)19-15-10-4-6-12-17(15)20-18-13-7-5-11-16(18)19;1-3-4(5)6-2/h1-13H;3H,1H2,2H3. The van der Waals surface area contributed by atoms with E-state index in [1.54, 1.807) is 0 Å². The number of carbonyl (C=O) groups is 1. The molecular weight excluding hydrogens is 322 g/mol. The molecule has 128 valence electrons. The molecule has 0 N–H and O–H groups in total. The molecule has 0 amide bonds. The van der Waals surface area contributed by atoms with E-state index in [4.69, 9.17) is 4.98 Å². The molecule has 3 nitrogen and oxygen atoms in total. The molecule has 0 radical (unpaired) electrons. The fourth-order valence-electron chi connectivity index (χ4n) is 2.84. The highest BCUT2D eigenvalue weighted by molar-refractivity contribution is 6.09. The topological polar surface area (TPSA) is 39.2 Å². The first kappa shape index (κ1) is 17.4. The van der Waals surface area contributed by atoms with Crippen molar-refractivity contribution < 1.29 is 9.53 Å². The van der Waals surface area contributed by atoms with Crippen molar-refractivity contribution in [2.45, 2.75) is 0 Å². The molecule has 0 aliphatic rings. The van der Waals surface area contributed by atoms with Crippen LogP contribution in [-0.4, -0.2) is 18.1 Å². The second-order valence-electron chi connectivity index (χ2n) is 5.61. The summed E-state index contributed by atoms with van der Waals surface area (Å²) in [7, 11) is 1.31. The number of fused-ring (bicyclic) bond motifs is 2. The number of ether oxygens (including phenoxy) is 1. The first-order valence-corrected chi connectivity index (χ1v) is 8.28. The minimum Gasteiger partial charge on any atom is -0.466 e. The highest BCUT2D eigenvalue weighted by Gasteiger charge is 2.09. The zero-order valence-corrected chi connectivity index (χ0v) is 14.6. The van der Waals surface area contributed by atoms with Gasteiger partial charge in [-0.1, -0.05) is 73.3 Å². The van der Waals surface area contributed by atoms with Gasteiger partial charge in [0.25, 0.3) is 0 Å². The van der Waals surface area contributed by atoms with E-state index in [0.29, 0.717) is 0 Å². The Morgan fingerprint density at radius 2 is 1.35 bits per heavy atom. The molecule has 4 aromatic rings. The number of para-hydroxylation sites is 2. The van der Waals surface area contributed by atoms with E-state index < -0.39 is 5.97 Å². The van der Waals surface area contributed by atoms with Gasteiger partial charge in [-0.2, -0.15) is 0 Å². The van der Waals surface area contributed by atoms with Crippen LogP contribution in [0.25, 0.3) is 32.9 Å². The van der Waals surface area contributed by atoms with Gasteiger partial charge in [0.15, 0.2) is 0 Å². The highest BCUT2D eigenvalue weighted by Crippen LogP contribution is 2.34. The summed E-state index contributed by atoms with van der Waals surface area (Å²) in [6, 6.07) is 27.2. The number of aromatic nitrogens is 1. The third kappa shape index (κ3) is 3.62. The second-order valence-corrected chi connectivity index (χ2v) is 5.61. The number of hydrogen-bond donors (Lipinski definition) is 0. The van der Waals surface area contributed by atoms with Gasteiger partial charge >= 0.3 is 5.97 Å². The molecule has 3 aromatic carbocycles. The van der Waals surface area contributed by atoms with Gasteiger partial charge in [0, 0.05) is 22.4 Å². The summed E-state index contributed by atoms with van der Waals surface area (Å²) in [5, 5.41) is 2.41. The average Bonchev–Trinajstić information content (AvgIpc) is 2.72. The summed E-state index contributed by atoms with van der Waals surface area (Å²) in [6.07, 6.45) is 1.11. The Labute approximate surface area is 152 Å². The second kappa shape index (κ2) is 8.08. The largest absolute Gasteiger partial charge is 0.466 e. The number of methoxy groups -OCH3 is 1. The Kier molecular flexibility index (Phi) is 5.40. The third-order valence-electron chi connectivity index (χ3n) is 4.02. The van der Waals surface area contributed by atoms with Crippen LogP contribution in [0.2, 0.25) is 0 Å². The maximum atomic E-state index is 9.84. The van der Waals surface area contributed by atoms with Gasteiger partial charge in [0.05, 0.1) is 18.1 Å². The van der Waals surface area contributed by atoms with Gasteiger partial charge in [-0.3, -0.25) is 0 Å². The van der Waals surface area contributed by atoms with E-state index in [1.165, 1.54) is 29.0 Å². The first-order valence-electron chi connectivity index (χ1n) is 8.28. The summed E-state index contributed by atoms with van der Waals surface area (Å²) < 4.78 is 4.14. The number of nitrogens with zero attached hydrogens (tertiary/aromatic N) is 1. The Morgan fingerprint density at radius 3 is 1.81 bits per heavy atom. The van der Waals surface area contributed by atoms with Crippen molar-refractivity contribution in [3.8, 4) is 11.1 Å². The van der Waals surface area contributed by atoms with Crippen LogP contribution in [0.5, 0.6) is 0 Å². The number of esters is 1. The van der Waals surface area contributed by atoms with Crippen molar-refractivity contribution in [1.29, 1.82) is 0 Å². The van der Waals surface area contributed by atoms with E-state index in [0.717, 1.165) is 17.1 Å². The van der Waals surface area contributed by atoms with Gasteiger partial charge in [-0.25, -0.2) is 9.78 Å². The maximum absolute atomic E-state index is 9.84. The molecule has 0 saturated heterocycles. The molecule has 0 atom stereocenters. The number of hydrogen-bond acceptors (Lipinski definition) is 3. The van der Waals surface area contributed by atoms with E-state index >= 15 is 0 Å². The third-order valence-corrected chi connectivity index (χ3v) is 4.02. The van der Waals surface area contributed by atoms with Crippen molar-refractivity contribution in [3.63, 3.8) is 0 Å². The molecule has 0 bridgehead atoms. The highest BCUT2D eigenvalue weighted by atomic mass is 16.5. The monoisotopic (exact) mass is 341 g/mol. The van der Waals surface area contributed by atoms with E-state index in [9.17, 15) is 4.79 Å². The van der Waals surface area contributed by atoms with Crippen molar-refractivity contribution in [2.75, 3.05) is 7.11 Å². The van der Waals surface area contributed by atoms with Crippen LogP contribution in [0.1, 0.15) is 0 Å². The van der Waals surface area contributed by atoms with Gasteiger partial charge in [-0.15, -0.1) is 0 Å². The molecule has 0 aliphatic carbocycles. The van der Waals surface area contributed by atoms with E-state index in [-0.39, 0.29) is 0 Å². The lowest BCUT2D eigenvalue weighted by Crippen LogP contribution is -1.91. The number of rotatable bonds is 2. The number of carbonyl (C=O) groups excluding carboxylic acids is 1. The number of pyridine rings is 1. The molecule has 0 spiro atoms. The molecule has 4 rings (SSSR count). The van der Waals surface area contributed by atoms with Crippen LogP contribution in [-0.2, 0) is 9.53 Å². The van der Waals surface area contributed by atoms with Gasteiger partial charge < -0.3 is 4.74 Å². The van der Waals surface area contributed by atoms with Crippen molar-refractivity contribution in [1.82, 2.24) is 4.98 Å². The molecule has 0 aliphatic heterocycles. The molecule has 26 heavy (non-hydrogen) atoms. The lowest BCUT2D eigenvalue weighted by atomic mass is 9.96. The average molecular weight is 341 g/mol. The Balaban J connectivity index is 0.000000286. The summed E-state index contributed by atoms with van der Waals surface area (Å²) in [6.45, 7) is 3.16. The smallest absolute Gasteiger partial charge is 0.329 e. The first-order chi connectivity index (χ1) is 12.7. The van der Waals surface area contributed by atoms with E-state index in [2.05, 4.69) is 78.0 Å². The SMILES string of the molecule is C=CC(=O)OC.c1ccc(-c2c3ccccc3nc3ccccc23)cc1. The van der Waals surface area contributed by atoms with Crippen LogP contribution < -0.4 is 0 Å². The predicted molar refractivity (Wildman–Crippen MR) is 107 cm³/mol. The van der Waals surface area contributed by atoms with Crippen LogP contribution in [0.3, 0.4) is 0 Å². The fourth-order valence-corrected chi connectivity index (χ4v) is 2.84. The lowest BCUT2D eigenvalue weighted by molar-refractivity contribution is -0.134. The summed E-state index contributed by atoms with van der Waals surface area (Å²) >= 11 is 0. The summed E-state index contributed by atoms with van der Waals surface area (Å²) in [4.78, 5) is 14.6. The maximum Gasteiger partial charge on any atom is 0.329 e. The Hall–Kier alpha value is -3.46. The zero-order chi connectivity index (χ0) is 18.4. The number of benzene rings is 3.